The van der Waals surface area contributed by atoms with Gasteiger partial charge < -0.3 is 13.8 Å². The Kier molecular flexibility index (Phi) is 4.75. The molecule has 2 aromatic heterocycles. The number of carbonyl (C=O) groups excluding carboxylic acids is 1. The van der Waals surface area contributed by atoms with Crippen LogP contribution in [0.4, 0.5) is 0 Å². The average Bonchev–Trinajstić information content (AvgIpc) is 3.30. The van der Waals surface area contributed by atoms with E-state index in [9.17, 15) is 9.59 Å². The predicted octanol–water partition coefficient (Wildman–Crippen LogP) is 3.51. The van der Waals surface area contributed by atoms with E-state index in [1.54, 1.807) is 4.90 Å². The molecule has 1 atom stereocenters. The van der Waals surface area contributed by atoms with Crippen molar-refractivity contribution in [3.63, 3.8) is 0 Å². The molecule has 0 saturated carbocycles. The van der Waals surface area contributed by atoms with E-state index < -0.39 is 5.63 Å². The summed E-state index contributed by atoms with van der Waals surface area (Å²) in [7, 11) is 0. The molecule has 0 bridgehead atoms. The quantitative estimate of drug-likeness (QED) is 0.643. The molecule has 0 aliphatic carbocycles. The molecule has 0 N–H and O–H groups in total. The molecule has 0 radical (unpaired) electrons. The van der Waals surface area contributed by atoms with Crippen LogP contribution in [0.25, 0.3) is 11.0 Å². The average molecular weight is 381 g/mol. The van der Waals surface area contributed by atoms with Crippen LogP contribution in [0, 0.1) is 6.92 Å². The lowest BCUT2D eigenvalue weighted by atomic mass is 10.0. The highest BCUT2D eigenvalue weighted by Gasteiger charge is 2.34. The molecule has 3 heterocycles. The Hall–Kier alpha value is -2.96. The second kappa shape index (κ2) is 7.22. The summed E-state index contributed by atoms with van der Waals surface area (Å²) in [5.41, 5.74) is 1.73. The van der Waals surface area contributed by atoms with Gasteiger partial charge in [-0.05, 0) is 37.0 Å². The maximum absolute atomic E-state index is 13.1. The van der Waals surface area contributed by atoms with Crippen LogP contribution in [-0.2, 0) is 11.2 Å². The first-order chi connectivity index (χ1) is 13.4. The highest BCUT2D eigenvalue weighted by molar-refractivity contribution is 5.87. The molecule has 4 rings (SSSR count). The Morgan fingerprint density at radius 2 is 2.14 bits per heavy atom. The lowest BCUT2D eigenvalue weighted by Crippen LogP contribution is -2.32. The summed E-state index contributed by atoms with van der Waals surface area (Å²) < 4.78 is 10.7. The number of benzene rings is 1. The minimum absolute atomic E-state index is 0.0562. The molecule has 1 saturated heterocycles. The second-order valence-electron chi connectivity index (χ2n) is 7.66. The van der Waals surface area contributed by atoms with Gasteiger partial charge in [0.2, 0.25) is 11.8 Å². The van der Waals surface area contributed by atoms with Gasteiger partial charge in [-0.3, -0.25) is 4.79 Å². The van der Waals surface area contributed by atoms with Crippen molar-refractivity contribution in [3.05, 3.63) is 57.5 Å². The van der Waals surface area contributed by atoms with Crippen LogP contribution < -0.4 is 5.63 Å². The molecule has 0 spiro atoms. The third-order valence-electron chi connectivity index (χ3n) is 5.16. The molecule has 7 nitrogen and oxygen atoms in total. The molecule has 1 aliphatic rings. The van der Waals surface area contributed by atoms with Gasteiger partial charge in [-0.25, -0.2) is 4.79 Å². The van der Waals surface area contributed by atoms with E-state index in [0.717, 1.165) is 23.8 Å². The van der Waals surface area contributed by atoms with Crippen molar-refractivity contribution in [2.24, 2.45) is 0 Å². The number of aryl methyl sites for hydroxylation is 1. The lowest BCUT2D eigenvalue weighted by molar-refractivity contribution is -0.131. The van der Waals surface area contributed by atoms with E-state index in [1.807, 2.05) is 39.0 Å². The van der Waals surface area contributed by atoms with Gasteiger partial charge in [0.05, 0.1) is 6.42 Å². The zero-order chi connectivity index (χ0) is 19.8. The molecular formula is C21H23N3O4. The zero-order valence-electron chi connectivity index (χ0n) is 16.3. The van der Waals surface area contributed by atoms with Crippen LogP contribution in [-0.4, -0.2) is 27.5 Å². The van der Waals surface area contributed by atoms with E-state index in [1.165, 1.54) is 6.07 Å². The number of fused-ring (bicyclic) bond motifs is 1. The fourth-order valence-electron chi connectivity index (χ4n) is 3.69. The third-order valence-corrected chi connectivity index (χ3v) is 5.16. The van der Waals surface area contributed by atoms with E-state index >= 15 is 0 Å². The topological polar surface area (TPSA) is 89.4 Å². The minimum atomic E-state index is -0.447. The monoisotopic (exact) mass is 381 g/mol. The van der Waals surface area contributed by atoms with Crippen LogP contribution in [0.2, 0.25) is 0 Å². The normalized spacial score (nSPS) is 17.0. The Morgan fingerprint density at radius 3 is 2.89 bits per heavy atom. The Balaban J connectivity index is 1.61. The molecule has 7 heteroatoms. The van der Waals surface area contributed by atoms with Gasteiger partial charge in [0.1, 0.15) is 11.6 Å². The number of hydrogen-bond acceptors (Lipinski definition) is 6. The summed E-state index contributed by atoms with van der Waals surface area (Å²) in [5.74, 6) is 1.25. The Bertz CT molecular complexity index is 1080. The largest absolute Gasteiger partial charge is 0.423 e. The highest BCUT2D eigenvalue weighted by atomic mass is 16.5. The Morgan fingerprint density at radius 1 is 1.32 bits per heavy atom. The zero-order valence-corrected chi connectivity index (χ0v) is 16.3. The first-order valence-electron chi connectivity index (χ1n) is 9.58. The van der Waals surface area contributed by atoms with Crippen molar-refractivity contribution >= 4 is 16.9 Å². The van der Waals surface area contributed by atoms with Crippen LogP contribution in [0.5, 0.6) is 0 Å². The summed E-state index contributed by atoms with van der Waals surface area (Å²) in [4.78, 5) is 31.3. The van der Waals surface area contributed by atoms with Crippen LogP contribution >= 0.6 is 0 Å². The molecule has 1 aliphatic heterocycles. The fraction of sp³-hybridized carbons (Fsp3) is 0.429. The van der Waals surface area contributed by atoms with Gasteiger partial charge in [-0.2, -0.15) is 4.98 Å². The predicted molar refractivity (Wildman–Crippen MR) is 103 cm³/mol. The molecule has 1 amide bonds. The van der Waals surface area contributed by atoms with Crippen LogP contribution in [0.3, 0.4) is 0 Å². The maximum Gasteiger partial charge on any atom is 0.336 e. The maximum atomic E-state index is 13.1. The van der Waals surface area contributed by atoms with Crippen molar-refractivity contribution in [3.8, 4) is 0 Å². The molecule has 1 aromatic carbocycles. The SMILES string of the molecule is Cc1ccc2c(CC(=O)N3CCC[C@H]3c3nc(C(C)C)no3)cc(=O)oc2c1. The molecule has 28 heavy (non-hydrogen) atoms. The number of likely N-dealkylation sites (tertiary alicyclic amines) is 1. The van der Waals surface area contributed by atoms with Gasteiger partial charge in [0, 0.05) is 23.9 Å². The van der Waals surface area contributed by atoms with Crippen molar-refractivity contribution in [1.82, 2.24) is 15.0 Å². The highest BCUT2D eigenvalue weighted by Crippen LogP contribution is 2.32. The summed E-state index contributed by atoms with van der Waals surface area (Å²) in [6.07, 6.45) is 1.81. The van der Waals surface area contributed by atoms with Crippen LogP contribution in [0.15, 0.2) is 38.0 Å². The van der Waals surface area contributed by atoms with Crippen molar-refractivity contribution in [2.75, 3.05) is 6.54 Å². The number of rotatable bonds is 4. The summed E-state index contributed by atoms with van der Waals surface area (Å²) in [6.45, 7) is 6.57. The van der Waals surface area contributed by atoms with Gasteiger partial charge in [-0.1, -0.05) is 31.1 Å². The molecule has 0 unspecified atom stereocenters. The number of aromatic nitrogens is 2. The molecule has 146 valence electrons. The van der Waals surface area contributed by atoms with Gasteiger partial charge >= 0.3 is 5.63 Å². The minimum Gasteiger partial charge on any atom is -0.423 e. The van der Waals surface area contributed by atoms with E-state index in [0.29, 0.717) is 29.4 Å². The molecular weight excluding hydrogens is 358 g/mol. The van der Waals surface area contributed by atoms with Crippen LogP contribution in [0.1, 0.15) is 61.5 Å². The van der Waals surface area contributed by atoms with E-state index in [-0.39, 0.29) is 24.3 Å². The van der Waals surface area contributed by atoms with Crippen molar-refractivity contribution < 1.29 is 13.7 Å². The number of amides is 1. The van der Waals surface area contributed by atoms with Gasteiger partial charge in [-0.15, -0.1) is 0 Å². The fourth-order valence-corrected chi connectivity index (χ4v) is 3.69. The second-order valence-corrected chi connectivity index (χ2v) is 7.66. The smallest absolute Gasteiger partial charge is 0.336 e. The Labute approximate surface area is 162 Å². The van der Waals surface area contributed by atoms with Gasteiger partial charge in [0.25, 0.3) is 0 Å². The molecule has 1 fully saturated rings. The number of hydrogen-bond donors (Lipinski definition) is 0. The first-order valence-corrected chi connectivity index (χ1v) is 9.58. The lowest BCUT2D eigenvalue weighted by Gasteiger charge is -2.22. The summed E-state index contributed by atoms with van der Waals surface area (Å²) in [6, 6.07) is 6.85. The summed E-state index contributed by atoms with van der Waals surface area (Å²) >= 11 is 0. The standard InChI is InChI=1S/C21H23N3O4/c1-12(2)20-22-21(28-23-20)16-5-4-8-24(16)18(25)10-14-11-19(26)27-17-9-13(3)6-7-15(14)17/h6-7,9,11-12,16H,4-5,8,10H2,1-3H3/t16-/m0/s1. The third kappa shape index (κ3) is 3.44. The number of carbonyl (C=O) groups is 1. The first kappa shape index (κ1) is 18.4. The molecule has 3 aromatic rings. The van der Waals surface area contributed by atoms with Crippen molar-refractivity contribution in [1.29, 1.82) is 0 Å². The van der Waals surface area contributed by atoms with E-state index in [4.69, 9.17) is 8.94 Å². The van der Waals surface area contributed by atoms with Gasteiger partial charge in [0.15, 0.2) is 5.82 Å². The van der Waals surface area contributed by atoms with E-state index in [2.05, 4.69) is 10.1 Å². The number of nitrogens with zero attached hydrogens (tertiary/aromatic N) is 3. The van der Waals surface area contributed by atoms with Crippen molar-refractivity contribution in [2.45, 2.75) is 52.0 Å². The summed E-state index contributed by atoms with van der Waals surface area (Å²) in [5, 5.41) is 4.81.